The zero-order valence-electron chi connectivity index (χ0n) is 8.70. The maximum absolute atomic E-state index is 10.2. The molecule has 0 amide bonds. The third-order valence-electron chi connectivity index (χ3n) is 3.87. The molecule has 3 atom stereocenters. The van der Waals surface area contributed by atoms with Crippen molar-refractivity contribution in [2.45, 2.75) is 12.1 Å². The van der Waals surface area contributed by atoms with E-state index >= 15 is 0 Å². The lowest BCUT2D eigenvalue weighted by atomic mass is 9.88. The van der Waals surface area contributed by atoms with Gasteiger partial charge in [0.15, 0.2) is 0 Å². The molecule has 3 aliphatic heterocycles. The van der Waals surface area contributed by atoms with Crippen molar-refractivity contribution in [2.24, 2.45) is 5.92 Å². The van der Waals surface area contributed by atoms with E-state index < -0.39 is 0 Å². The topological polar surface area (TPSA) is 56.3 Å². The predicted octanol–water partition coefficient (Wildman–Crippen LogP) is 0.664. The number of hydrogen-bond acceptors (Lipinski definition) is 4. The fraction of sp³-hybridized carbons (Fsp3) is 0.333. The highest BCUT2D eigenvalue weighted by atomic mass is 16.3. The molecule has 4 rings (SSSR count). The van der Waals surface area contributed by atoms with Gasteiger partial charge < -0.3 is 10.4 Å². The summed E-state index contributed by atoms with van der Waals surface area (Å²) in [7, 11) is 0. The molecular weight excluding hydrogens is 202 g/mol. The van der Waals surface area contributed by atoms with Gasteiger partial charge in [0.1, 0.15) is 5.76 Å². The molecular formula is C12H13N3O. The standard InChI is InChI=1S/C12H13N3O/c16-12-10-7-4-2-1-3-6(7)9(14-10)8-5-13-15-11(8)12/h1-4,8-9,11,13-16H,5H2. The van der Waals surface area contributed by atoms with Crippen LogP contribution in [0.5, 0.6) is 0 Å². The summed E-state index contributed by atoms with van der Waals surface area (Å²) in [6.45, 7) is 0.883. The summed E-state index contributed by atoms with van der Waals surface area (Å²) < 4.78 is 0. The minimum absolute atomic E-state index is 0.0497. The second-order valence-corrected chi connectivity index (χ2v) is 4.64. The number of rotatable bonds is 0. The Morgan fingerprint density at radius 1 is 1.19 bits per heavy atom. The number of fused-ring (bicyclic) bond motifs is 7. The molecule has 3 aliphatic rings. The van der Waals surface area contributed by atoms with Gasteiger partial charge in [-0.15, -0.1) is 0 Å². The van der Waals surface area contributed by atoms with Crippen LogP contribution < -0.4 is 16.2 Å². The molecule has 3 heterocycles. The van der Waals surface area contributed by atoms with Crippen molar-refractivity contribution in [3.05, 3.63) is 41.2 Å². The van der Waals surface area contributed by atoms with Crippen molar-refractivity contribution in [1.29, 1.82) is 0 Å². The summed E-state index contributed by atoms with van der Waals surface area (Å²) >= 11 is 0. The van der Waals surface area contributed by atoms with E-state index in [0.717, 1.165) is 17.8 Å². The SMILES string of the molecule is OC1=C2NC(c3ccccc32)C2CNNC12. The largest absolute Gasteiger partial charge is 0.508 e. The zero-order valence-corrected chi connectivity index (χ0v) is 8.70. The van der Waals surface area contributed by atoms with Crippen LogP contribution in [0.25, 0.3) is 5.70 Å². The summed E-state index contributed by atoms with van der Waals surface area (Å²) in [6.07, 6.45) is 0. The molecule has 0 radical (unpaired) electrons. The number of aliphatic hydroxyl groups is 1. The van der Waals surface area contributed by atoms with Crippen LogP contribution in [-0.4, -0.2) is 17.7 Å². The Kier molecular flexibility index (Phi) is 1.50. The molecule has 3 unspecified atom stereocenters. The van der Waals surface area contributed by atoms with Crippen LogP contribution >= 0.6 is 0 Å². The number of nitrogens with one attached hydrogen (secondary N) is 3. The Bertz CT molecular complexity index is 497. The van der Waals surface area contributed by atoms with Gasteiger partial charge >= 0.3 is 0 Å². The van der Waals surface area contributed by atoms with Crippen LogP contribution in [0.3, 0.4) is 0 Å². The Labute approximate surface area is 93.3 Å². The van der Waals surface area contributed by atoms with Crippen molar-refractivity contribution >= 4 is 5.70 Å². The fourth-order valence-electron chi connectivity index (χ4n) is 3.11. The molecule has 1 aromatic rings. The Hall–Kier alpha value is -1.52. The first-order valence-corrected chi connectivity index (χ1v) is 5.63. The normalized spacial score (nSPS) is 34.6. The van der Waals surface area contributed by atoms with Gasteiger partial charge in [0.05, 0.1) is 17.8 Å². The summed E-state index contributed by atoms with van der Waals surface area (Å²) in [4.78, 5) is 0. The Morgan fingerprint density at radius 3 is 3.00 bits per heavy atom. The number of hydrazine groups is 1. The fourth-order valence-corrected chi connectivity index (χ4v) is 3.11. The predicted molar refractivity (Wildman–Crippen MR) is 60.3 cm³/mol. The molecule has 4 N–H and O–H groups in total. The van der Waals surface area contributed by atoms with Gasteiger partial charge in [-0.3, -0.25) is 5.43 Å². The molecule has 82 valence electrons. The highest BCUT2D eigenvalue weighted by Gasteiger charge is 2.46. The monoisotopic (exact) mass is 215 g/mol. The van der Waals surface area contributed by atoms with E-state index in [9.17, 15) is 5.11 Å². The zero-order chi connectivity index (χ0) is 10.7. The van der Waals surface area contributed by atoms with Crippen molar-refractivity contribution in [3.63, 3.8) is 0 Å². The van der Waals surface area contributed by atoms with E-state index in [2.05, 4.69) is 34.4 Å². The lowest BCUT2D eigenvalue weighted by molar-refractivity contribution is 0.278. The van der Waals surface area contributed by atoms with Gasteiger partial charge in [0.2, 0.25) is 0 Å². The summed E-state index contributed by atoms with van der Waals surface area (Å²) in [6, 6.07) is 8.67. The third kappa shape index (κ3) is 0.870. The van der Waals surface area contributed by atoms with Gasteiger partial charge in [-0.2, -0.15) is 0 Å². The molecule has 4 heteroatoms. The highest BCUT2D eigenvalue weighted by Crippen LogP contribution is 2.45. The molecule has 0 aliphatic carbocycles. The summed E-state index contributed by atoms with van der Waals surface area (Å²) in [5.41, 5.74) is 9.63. The van der Waals surface area contributed by atoms with E-state index in [1.807, 2.05) is 6.07 Å². The van der Waals surface area contributed by atoms with E-state index in [0.29, 0.717) is 17.7 Å². The van der Waals surface area contributed by atoms with Crippen LogP contribution in [0.4, 0.5) is 0 Å². The van der Waals surface area contributed by atoms with Crippen LogP contribution in [0.1, 0.15) is 17.2 Å². The minimum atomic E-state index is 0.0497. The summed E-state index contributed by atoms with van der Waals surface area (Å²) in [5.74, 6) is 0.823. The van der Waals surface area contributed by atoms with Gasteiger partial charge in [0.25, 0.3) is 0 Å². The molecule has 2 bridgehead atoms. The van der Waals surface area contributed by atoms with E-state index in [4.69, 9.17) is 0 Å². The molecule has 1 aromatic carbocycles. The highest BCUT2D eigenvalue weighted by molar-refractivity contribution is 5.76. The maximum Gasteiger partial charge on any atom is 0.135 e. The smallest absolute Gasteiger partial charge is 0.135 e. The second-order valence-electron chi connectivity index (χ2n) is 4.64. The van der Waals surface area contributed by atoms with E-state index in [1.165, 1.54) is 5.56 Å². The van der Waals surface area contributed by atoms with Gasteiger partial charge in [0, 0.05) is 18.0 Å². The molecule has 0 spiro atoms. The van der Waals surface area contributed by atoms with Crippen LogP contribution in [0.2, 0.25) is 0 Å². The van der Waals surface area contributed by atoms with Crippen molar-refractivity contribution in [2.75, 3.05) is 6.54 Å². The second kappa shape index (κ2) is 2.78. The Balaban J connectivity index is 1.97. The number of benzene rings is 1. The molecule has 4 nitrogen and oxygen atoms in total. The summed E-state index contributed by atoms with van der Waals surface area (Å²) in [5, 5.41) is 13.7. The molecule has 1 saturated heterocycles. The lowest BCUT2D eigenvalue weighted by Crippen LogP contribution is -2.41. The minimum Gasteiger partial charge on any atom is -0.508 e. The lowest BCUT2D eigenvalue weighted by Gasteiger charge is -2.29. The molecule has 16 heavy (non-hydrogen) atoms. The van der Waals surface area contributed by atoms with Crippen molar-refractivity contribution in [1.82, 2.24) is 16.2 Å². The average molecular weight is 215 g/mol. The van der Waals surface area contributed by atoms with Crippen LogP contribution in [-0.2, 0) is 0 Å². The molecule has 1 fully saturated rings. The van der Waals surface area contributed by atoms with Crippen LogP contribution in [0, 0.1) is 5.92 Å². The van der Waals surface area contributed by atoms with Crippen molar-refractivity contribution < 1.29 is 5.11 Å². The van der Waals surface area contributed by atoms with E-state index in [1.54, 1.807) is 0 Å². The quantitative estimate of drug-likeness (QED) is 0.513. The third-order valence-corrected chi connectivity index (χ3v) is 3.87. The first kappa shape index (κ1) is 8.61. The van der Waals surface area contributed by atoms with Gasteiger partial charge in [-0.05, 0) is 5.56 Å². The number of hydrogen-bond donors (Lipinski definition) is 4. The average Bonchev–Trinajstić information content (AvgIpc) is 2.91. The first-order valence-electron chi connectivity index (χ1n) is 5.63. The first-order chi connectivity index (χ1) is 7.86. The van der Waals surface area contributed by atoms with Gasteiger partial charge in [-0.25, -0.2) is 5.43 Å². The van der Waals surface area contributed by atoms with E-state index in [-0.39, 0.29) is 6.04 Å². The molecule has 0 saturated carbocycles. The number of aliphatic hydroxyl groups excluding tert-OH is 1. The maximum atomic E-state index is 10.2. The molecule has 0 aromatic heterocycles. The van der Waals surface area contributed by atoms with Gasteiger partial charge in [-0.1, -0.05) is 24.3 Å². The van der Waals surface area contributed by atoms with Crippen LogP contribution in [0.15, 0.2) is 30.0 Å². The van der Waals surface area contributed by atoms with Crippen molar-refractivity contribution in [3.8, 4) is 0 Å². The Morgan fingerprint density at radius 2 is 2.06 bits per heavy atom.